The number of nitriles is 1. The number of rotatable bonds is 7. The predicted octanol–water partition coefficient (Wildman–Crippen LogP) is 2.67. The third kappa shape index (κ3) is 4.75. The highest BCUT2D eigenvalue weighted by atomic mass is 32.1. The molecule has 0 spiro atoms. The first-order chi connectivity index (χ1) is 14.8. The summed E-state index contributed by atoms with van der Waals surface area (Å²) in [6.07, 6.45) is -0.711. The van der Waals surface area contributed by atoms with Crippen molar-refractivity contribution in [2.45, 2.75) is 6.23 Å². The highest BCUT2D eigenvalue weighted by molar-refractivity contribution is 7.13. The molecular weight excluding hydrogens is 414 g/mol. The average Bonchev–Trinajstić information content (AvgIpc) is 3.45. The summed E-state index contributed by atoms with van der Waals surface area (Å²) in [6.45, 7) is 4.00. The van der Waals surface area contributed by atoms with Crippen molar-refractivity contribution in [3.63, 3.8) is 0 Å². The summed E-state index contributed by atoms with van der Waals surface area (Å²) in [5.41, 5.74) is 8.51. The lowest BCUT2D eigenvalue weighted by Gasteiger charge is -2.18. The molecule has 9 nitrogen and oxygen atoms in total. The van der Waals surface area contributed by atoms with Gasteiger partial charge in [-0.1, -0.05) is 30.8 Å². The molecule has 1 aromatic carbocycles. The van der Waals surface area contributed by atoms with E-state index in [9.17, 15) is 10.4 Å². The highest BCUT2D eigenvalue weighted by Crippen LogP contribution is 2.28. The first-order valence-electron chi connectivity index (χ1n) is 9.12. The molecule has 0 aliphatic carbocycles. The van der Waals surface area contributed by atoms with Crippen molar-refractivity contribution >= 4 is 28.6 Å². The molecule has 3 N–H and O–H groups in total. The molecule has 158 valence electrons. The van der Waals surface area contributed by atoms with E-state index in [0.717, 1.165) is 11.1 Å². The second kappa shape index (κ2) is 9.44. The molecule has 0 aliphatic heterocycles. The number of aliphatic hydroxyl groups excluding tert-OH is 1. The van der Waals surface area contributed by atoms with Gasteiger partial charge in [0.05, 0.1) is 11.3 Å². The van der Waals surface area contributed by atoms with E-state index in [0.29, 0.717) is 16.1 Å². The Morgan fingerprint density at radius 2 is 2.00 bits per heavy atom. The Morgan fingerprint density at radius 1 is 1.29 bits per heavy atom. The highest BCUT2D eigenvalue weighted by Gasteiger charge is 2.20. The van der Waals surface area contributed by atoms with Crippen LogP contribution in [0.25, 0.3) is 16.5 Å². The summed E-state index contributed by atoms with van der Waals surface area (Å²) in [7, 11) is 5.10. The number of benzene rings is 1. The van der Waals surface area contributed by atoms with E-state index in [-0.39, 0.29) is 23.3 Å². The molecule has 1 atom stereocenters. The number of aromatic nitrogens is 2. The van der Waals surface area contributed by atoms with Gasteiger partial charge in [-0.3, -0.25) is 9.89 Å². The quantitative estimate of drug-likeness (QED) is 0.331. The number of aliphatic hydroxyl groups is 1. The zero-order valence-electron chi connectivity index (χ0n) is 17.3. The molecule has 3 aromatic rings. The number of nitrogens with two attached hydrogens (primary N) is 1. The summed E-state index contributed by atoms with van der Waals surface area (Å²) in [6, 6.07) is 11.0. The van der Waals surface area contributed by atoms with Crippen LogP contribution in [-0.4, -0.2) is 52.9 Å². The Bertz CT molecular complexity index is 1180. The second-order valence-corrected chi connectivity index (χ2v) is 7.58. The Morgan fingerprint density at radius 3 is 2.61 bits per heavy atom. The van der Waals surface area contributed by atoms with Crippen LogP contribution in [0.3, 0.4) is 0 Å². The van der Waals surface area contributed by atoms with Crippen molar-refractivity contribution in [3.8, 4) is 16.8 Å². The number of hydrogen-bond acceptors (Lipinski definition) is 9. The number of thiophene rings is 1. The first-order valence-corrected chi connectivity index (χ1v) is 10.0. The fraction of sp³-hybridized carbons (Fsp3) is 0.190. The molecule has 3 rings (SSSR count). The lowest BCUT2D eigenvalue weighted by Crippen LogP contribution is -2.25. The normalized spacial score (nSPS) is 13.3. The molecule has 0 bridgehead atoms. The monoisotopic (exact) mass is 435 g/mol. The average molecular weight is 436 g/mol. The van der Waals surface area contributed by atoms with Crippen LogP contribution in [0, 0.1) is 11.3 Å². The summed E-state index contributed by atoms with van der Waals surface area (Å²) < 4.78 is 5.74. The summed E-state index contributed by atoms with van der Waals surface area (Å²) in [5.74, 6) is 0.365. The SMILES string of the molecule is C=C(N=C(C(N)=NC)c1nnc(-c2sccc2C#N)o1)c1ccc(C(O)N(C)C)cc1. The summed E-state index contributed by atoms with van der Waals surface area (Å²) >= 11 is 1.32. The largest absolute Gasteiger partial charge is 0.414 e. The smallest absolute Gasteiger partial charge is 0.270 e. The Kier molecular flexibility index (Phi) is 6.71. The van der Waals surface area contributed by atoms with E-state index in [1.165, 1.54) is 18.4 Å². The van der Waals surface area contributed by atoms with Crippen molar-refractivity contribution in [2.24, 2.45) is 15.7 Å². The topological polar surface area (TPSA) is 137 Å². The zero-order chi connectivity index (χ0) is 22.5. The molecule has 0 aliphatic rings. The van der Waals surface area contributed by atoms with Gasteiger partial charge in [0.1, 0.15) is 23.0 Å². The van der Waals surface area contributed by atoms with Crippen LogP contribution in [0.15, 0.2) is 56.7 Å². The van der Waals surface area contributed by atoms with Crippen molar-refractivity contribution in [3.05, 3.63) is 64.9 Å². The van der Waals surface area contributed by atoms with E-state index in [2.05, 4.69) is 32.8 Å². The molecule has 0 saturated heterocycles. The molecule has 31 heavy (non-hydrogen) atoms. The van der Waals surface area contributed by atoms with Gasteiger partial charge < -0.3 is 15.3 Å². The third-order valence-electron chi connectivity index (χ3n) is 4.37. The molecule has 2 heterocycles. The van der Waals surface area contributed by atoms with E-state index in [1.54, 1.807) is 54.7 Å². The standard InChI is InChI=1S/C21H21N7O2S/c1-12(13-5-7-14(8-6-13)21(29)28(3)4)25-16(18(23)24-2)19-26-27-20(30-19)17-15(11-22)9-10-31-17/h5-10,21,29H,1H2,2-4H3,(H2,23,24). The fourth-order valence-corrected chi connectivity index (χ4v) is 3.40. The molecule has 1 unspecified atom stereocenters. The van der Waals surface area contributed by atoms with E-state index in [4.69, 9.17) is 10.2 Å². The van der Waals surface area contributed by atoms with E-state index >= 15 is 0 Å². The maximum Gasteiger partial charge on any atom is 0.270 e. The van der Waals surface area contributed by atoms with Crippen LogP contribution in [0.5, 0.6) is 0 Å². The lowest BCUT2D eigenvalue weighted by molar-refractivity contribution is 0.0395. The van der Waals surface area contributed by atoms with Crippen LogP contribution in [0.2, 0.25) is 0 Å². The molecular formula is C21H21N7O2S. The van der Waals surface area contributed by atoms with Crippen molar-refractivity contribution < 1.29 is 9.52 Å². The van der Waals surface area contributed by atoms with Gasteiger partial charge >= 0.3 is 0 Å². The lowest BCUT2D eigenvalue weighted by atomic mass is 10.1. The van der Waals surface area contributed by atoms with Crippen LogP contribution in [-0.2, 0) is 0 Å². The van der Waals surface area contributed by atoms with Crippen LogP contribution in [0.4, 0.5) is 0 Å². The van der Waals surface area contributed by atoms with Gasteiger partial charge in [0.2, 0.25) is 0 Å². The summed E-state index contributed by atoms with van der Waals surface area (Å²) in [4.78, 5) is 10.7. The third-order valence-corrected chi connectivity index (χ3v) is 5.27. The van der Waals surface area contributed by atoms with Gasteiger partial charge in [-0.15, -0.1) is 21.5 Å². The zero-order valence-corrected chi connectivity index (χ0v) is 18.1. The second-order valence-electron chi connectivity index (χ2n) is 6.66. The molecule has 0 amide bonds. The van der Waals surface area contributed by atoms with Crippen LogP contribution in [0.1, 0.15) is 28.8 Å². The van der Waals surface area contributed by atoms with E-state index < -0.39 is 6.23 Å². The van der Waals surface area contributed by atoms with Gasteiger partial charge in [0.15, 0.2) is 5.71 Å². The Labute approximate surface area is 183 Å². The number of hydrogen-bond donors (Lipinski definition) is 2. The van der Waals surface area contributed by atoms with Gasteiger partial charge in [-0.05, 0) is 36.7 Å². The minimum Gasteiger partial charge on any atom is -0.414 e. The predicted molar refractivity (Wildman–Crippen MR) is 121 cm³/mol. The van der Waals surface area contributed by atoms with Crippen molar-refractivity contribution in [1.82, 2.24) is 15.1 Å². The van der Waals surface area contributed by atoms with E-state index in [1.807, 2.05) is 0 Å². The number of aliphatic imine (C=N–C) groups is 2. The molecule has 10 heteroatoms. The van der Waals surface area contributed by atoms with Gasteiger partial charge in [0.25, 0.3) is 11.8 Å². The molecule has 0 fully saturated rings. The fourth-order valence-electron chi connectivity index (χ4n) is 2.64. The Balaban J connectivity index is 1.93. The van der Waals surface area contributed by atoms with Gasteiger partial charge in [-0.2, -0.15) is 5.26 Å². The number of nitrogens with zero attached hydrogens (tertiary/aromatic N) is 6. The minimum atomic E-state index is -0.711. The first kappa shape index (κ1) is 22.0. The van der Waals surface area contributed by atoms with Crippen LogP contribution >= 0.6 is 11.3 Å². The van der Waals surface area contributed by atoms with Gasteiger partial charge in [-0.25, -0.2) is 4.99 Å². The summed E-state index contributed by atoms with van der Waals surface area (Å²) in [5, 5.41) is 29.2. The minimum absolute atomic E-state index is 0.0659. The Hall–Kier alpha value is -3.65. The maximum atomic E-state index is 10.1. The molecule has 2 aromatic heterocycles. The number of amidine groups is 1. The van der Waals surface area contributed by atoms with Gasteiger partial charge in [0, 0.05) is 7.05 Å². The molecule has 0 saturated carbocycles. The maximum absolute atomic E-state index is 10.1. The van der Waals surface area contributed by atoms with Crippen molar-refractivity contribution in [1.29, 1.82) is 5.26 Å². The van der Waals surface area contributed by atoms with Crippen LogP contribution < -0.4 is 5.73 Å². The van der Waals surface area contributed by atoms with Crippen molar-refractivity contribution in [2.75, 3.05) is 21.1 Å². The molecule has 0 radical (unpaired) electrons.